The molecule has 2 N–H and O–H groups in total. The molecule has 18 heavy (non-hydrogen) atoms. The van der Waals surface area contributed by atoms with E-state index < -0.39 is 0 Å². The molecule has 0 fully saturated rings. The van der Waals surface area contributed by atoms with Crippen molar-refractivity contribution < 1.29 is 9.13 Å². The lowest BCUT2D eigenvalue weighted by Gasteiger charge is -2.11. The number of nitrogens with two attached hydrogens (primary N) is 1. The SMILES string of the molecule is Cc1ccc(CN)c(Oc2ccc(F)c(C)c2)c1. The molecular weight excluding hydrogens is 229 g/mol. The zero-order valence-corrected chi connectivity index (χ0v) is 10.5. The second-order valence-electron chi connectivity index (χ2n) is 4.33. The van der Waals surface area contributed by atoms with Crippen molar-refractivity contribution >= 4 is 0 Å². The zero-order chi connectivity index (χ0) is 13.1. The van der Waals surface area contributed by atoms with E-state index in [9.17, 15) is 4.39 Å². The minimum atomic E-state index is -0.231. The molecule has 0 heterocycles. The quantitative estimate of drug-likeness (QED) is 0.895. The van der Waals surface area contributed by atoms with Crippen LogP contribution in [0.2, 0.25) is 0 Å². The summed E-state index contributed by atoms with van der Waals surface area (Å²) in [6.45, 7) is 4.11. The lowest BCUT2D eigenvalue weighted by molar-refractivity contribution is 0.473. The number of rotatable bonds is 3. The van der Waals surface area contributed by atoms with E-state index in [1.54, 1.807) is 19.1 Å². The molecule has 94 valence electrons. The van der Waals surface area contributed by atoms with Gasteiger partial charge >= 0.3 is 0 Å². The Morgan fingerprint density at radius 2 is 1.89 bits per heavy atom. The van der Waals surface area contributed by atoms with Gasteiger partial charge in [-0.25, -0.2) is 4.39 Å². The van der Waals surface area contributed by atoms with Gasteiger partial charge in [-0.15, -0.1) is 0 Å². The van der Waals surface area contributed by atoms with Crippen LogP contribution in [0.4, 0.5) is 4.39 Å². The van der Waals surface area contributed by atoms with Gasteiger partial charge in [0.1, 0.15) is 17.3 Å². The molecule has 0 saturated carbocycles. The fourth-order valence-electron chi connectivity index (χ4n) is 1.73. The monoisotopic (exact) mass is 245 g/mol. The van der Waals surface area contributed by atoms with Gasteiger partial charge in [-0.1, -0.05) is 12.1 Å². The minimum absolute atomic E-state index is 0.231. The van der Waals surface area contributed by atoms with Gasteiger partial charge in [0.05, 0.1) is 0 Å². The highest BCUT2D eigenvalue weighted by Gasteiger charge is 2.06. The normalized spacial score (nSPS) is 10.4. The largest absolute Gasteiger partial charge is 0.457 e. The van der Waals surface area contributed by atoms with Crippen molar-refractivity contribution in [3.63, 3.8) is 0 Å². The van der Waals surface area contributed by atoms with Crippen LogP contribution < -0.4 is 10.5 Å². The average molecular weight is 245 g/mol. The van der Waals surface area contributed by atoms with Crippen molar-refractivity contribution in [1.82, 2.24) is 0 Å². The number of benzene rings is 2. The first kappa shape index (κ1) is 12.6. The van der Waals surface area contributed by atoms with Gasteiger partial charge in [0.15, 0.2) is 0 Å². The average Bonchev–Trinajstić information content (AvgIpc) is 2.34. The third-order valence-electron chi connectivity index (χ3n) is 2.80. The summed E-state index contributed by atoms with van der Waals surface area (Å²) in [6, 6.07) is 10.6. The number of hydrogen-bond acceptors (Lipinski definition) is 2. The maximum Gasteiger partial charge on any atom is 0.132 e. The van der Waals surface area contributed by atoms with E-state index in [1.165, 1.54) is 6.07 Å². The smallest absolute Gasteiger partial charge is 0.132 e. The van der Waals surface area contributed by atoms with Crippen molar-refractivity contribution in [2.45, 2.75) is 20.4 Å². The fourth-order valence-corrected chi connectivity index (χ4v) is 1.73. The Bertz CT molecular complexity index is 566. The minimum Gasteiger partial charge on any atom is -0.457 e. The molecule has 0 aliphatic carbocycles. The summed E-state index contributed by atoms with van der Waals surface area (Å²) in [7, 11) is 0. The van der Waals surface area contributed by atoms with Gasteiger partial charge in [0.25, 0.3) is 0 Å². The predicted molar refractivity (Wildman–Crippen MR) is 70.3 cm³/mol. The molecule has 3 heteroatoms. The van der Waals surface area contributed by atoms with Crippen LogP contribution >= 0.6 is 0 Å². The van der Waals surface area contributed by atoms with E-state index in [0.717, 1.165) is 16.9 Å². The van der Waals surface area contributed by atoms with Crippen LogP contribution in [0.1, 0.15) is 16.7 Å². The summed E-state index contributed by atoms with van der Waals surface area (Å²) in [5.41, 5.74) is 8.26. The number of ether oxygens (including phenoxy) is 1. The Labute approximate surface area is 106 Å². The van der Waals surface area contributed by atoms with E-state index in [-0.39, 0.29) is 5.82 Å². The standard InChI is InChI=1S/C15H16FNO/c1-10-3-4-12(9-17)15(7-10)18-13-5-6-14(16)11(2)8-13/h3-8H,9,17H2,1-2H3. The molecule has 0 unspecified atom stereocenters. The second kappa shape index (κ2) is 5.19. The van der Waals surface area contributed by atoms with Crippen LogP contribution in [0.5, 0.6) is 11.5 Å². The van der Waals surface area contributed by atoms with E-state index in [1.807, 2.05) is 25.1 Å². The highest BCUT2D eigenvalue weighted by atomic mass is 19.1. The van der Waals surface area contributed by atoms with Crippen molar-refractivity contribution in [3.05, 3.63) is 58.9 Å². The lowest BCUT2D eigenvalue weighted by Crippen LogP contribution is -2.00. The third kappa shape index (κ3) is 2.68. The van der Waals surface area contributed by atoms with Crippen molar-refractivity contribution in [2.75, 3.05) is 0 Å². The molecule has 0 bridgehead atoms. The lowest BCUT2D eigenvalue weighted by atomic mass is 10.1. The Balaban J connectivity index is 2.33. The van der Waals surface area contributed by atoms with Gasteiger partial charge < -0.3 is 10.5 Å². The van der Waals surface area contributed by atoms with E-state index >= 15 is 0 Å². The second-order valence-corrected chi connectivity index (χ2v) is 4.33. The first-order chi connectivity index (χ1) is 8.60. The number of hydrogen-bond donors (Lipinski definition) is 1. The highest BCUT2D eigenvalue weighted by Crippen LogP contribution is 2.27. The van der Waals surface area contributed by atoms with Gasteiger partial charge in [0.2, 0.25) is 0 Å². The van der Waals surface area contributed by atoms with Crippen molar-refractivity contribution in [1.29, 1.82) is 0 Å². The topological polar surface area (TPSA) is 35.2 Å². The Kier molecular flexibility index (Phi) is 3.63. The van der Waals surface area contributed by atoms with Crippen LogP contribution in [0.3, 0.4) is 0 Å². The maximum absolute atomic E-state index is 13.2. The molecule has 0 saturated heterocycles. The number of halogens is 1. The predicted octanol–water partition coefficient (Wildman–Crippen LogP) is 3.69. The van der Waals surface area contributed by atoms with Crippen LogP contribution in [0.15, 0.2) is 36.4 Å². The van der Waals surface area contributed by atoms with Gasteiger partial charge in [0, 0.05) is 12.1 Å². The van der Waals surface area contributed by atoms with Crippen LogP contribution in [0.25, 0.3) is 0 Å². The molecule has 0 aliphatic rings. The summed E-state index contributed by atoms with van der Waals surface area (Å²) in [6.07, 6.45) is 0. The molecule has 2 nitrogen and oxygen atoms in total. The Hall–Kier alpha value is -1.87. The zero-order valence-electron chi connectivity index (χ0n) is 10.5. The van der Waals surface area contributed by atoms with Crippen molar-refractivity contribution in [2.24, 2.45) is 5.73 Å². The van der Waals surface area contributed by atoms with Gasteiger partial charge in [-0.05, 0) is 49.2 Å². The Morgan fingerprint density at radius 1 is 1.11 bits per heavy atom. The van der Waals surface area contributed by atoms with Crippen LogP contribution in [-0.2, 0) is 6.54 Å². The van der Waals surface area contributed by atoms with E-state index in [0.29, 0.717) is 17.9 Å². The van der Waals surface area contributed by atoms with Crippen LogP contribution in [0, 0.1) is 19.7 Å². The fraction of sp³-hybridized carbons (Fsp3) is 0.200. The van der Waals surface area contributed by atoms with Gasteiger partial charge in [-0.2, -0.15) is 0 Å². The third-order valence-corrected chi connectivity index (χ3v) is 2.80. The highest BCUT2D eigenvalue weighted by molar-refractivity contribution is 5.41. The summed E-state index contributed by atoms with van der Waals surface area (Å²) in [5.74, 6) is 1.11. The molecule has 0 atom stereocenters. The molecular formula is C15H16FNO. The first-order valence-electron chi connectivity index (χ1n) is 5.84. The van der Waals surface area contributed by atoms with Crippen LogP contribution in [-0.4, -0.2) is 0 Å². The molecule has 0 amide bonds. The van der Waals surface area contributed by atoms with E-state index in [4.69, 9.17) is 10.5 Å². The van der Waals surface area contributed by atoms with Gasteiger partial charge in [-0.3, -0.25) is 0 Å². The summed E-state index contributed by atoms with van der Waals surface area (Å²) < 4.78 is 18.9. The summed E-state index contributed by atoms with van der Waals surface area (Å²) >= 11 is 0. The maximum atomic E-state index is 13.2. The Morgan fingerprint density at radius 3 is 2.56 bits per heavy atom. The molecule has 2 aromatic carbocycles. The molecule has 0 aromatic heterocycles. The summed E-state index contributed by atoms with van der Waals surface area (Å²) in [4.78, 5) is 0. The number of aryl methyl sites for hydroxylation is 2. The van der Waals surface area contributed by atoms with Crippen molar-refractivity contribution in [3.8, 4) is 11.5 Å². The molecule has 2 aromatic rings. The molecule has 2 rings (SSSR count). The molecule has 0 radical (unpaired) electrons. The van der Waals surface area contributed by atoms with E-state index in [2.05, 4.69) is 0 Å². The first-order valence-corrected chi connectivity index (χ1v) is 5.84. The molecule has 0 spiro atoms. The summed E-state index contributed by atoms with van der Waals surface area (Å²) in [5, 5.41) is 0. The molecule has 0 aliphatic heterocycles.